The summed E-state index contributed by atoms with van der Waals surface area (Å²) in [4.78, 5) is 20.2. The first-order chi connectivity index (χ1) is 15.1. The quantitative estimate of drug-likeness (QED) is 0.350. The Bertz CT molecular complexity index is 1190. The van der Waals surface area contributed by atoms with Crippen LogP contribution in [0.4, 0.5) is 11.5 Å². The Morgan fingerprint density at radius 3 is 2.42 bits per heavy atom. The van der Waals surface area contributed by atoms with Crippen LogP contribution in [0.3, 0.4) is 0 Å². The first-order valence-corrected chi connectivity index (χ1v) is 9.65. The third-order valence-electron chi connectivity index (χ3n) is 4.98. The van der Waals surface area contributed by atoms with Gasteiger partial charge in [-0.1, -0.05) is 42.5 Å². The van der Waals surface area contributed by atoms with Crippen LogP contribution in [0, 0.1) is 10.1 Å². The highest BCUT2D eigenvalue weighted by molar-refractivity contribution is 5.71. The van der Waals surface area contributed by atoms with Gasteiger partial charge in [0.2, 0.25) is 0 Å². The fourth-order valence-electron chi connectivity index (χ4n) is 3.38. The van der Waals surface area contributed by atoms with Crippen molar-refractivity contribution in [1.82, 2.24) is 14.5 Å². The maximum Gasteiger partial charge on any atom is 0.295 e. The van der Waals surface area contributed by atoms with Crippen LogP contribution in [0.2, 0.25) is 0 Å². The molecule has 0 aliphatic rings. The van der Waals surface area contributed by atoms with Gasteiger partial charge in [0.1, 0.15) is 23.4 Å². The molecule has 4 aromatic rings. The van der Waals surface area contributed by atoms with Gasteiger partial charge in [0, 0.05) is 31.1 Å². The van der Waals surface area contributed by atoms with E-state index in [0.717, 1.165) is 17.1 Å². The summed E-state index contributed by atoms with van der Waals surface area (Å²) in [5, 5.41) is 15.0. The van der Waals surface area contributed by atoms with Crippen LogP contribution in [-0.4, -0.2) is 26.6 Å². The number of rotatable bonds is 7. The maximum atomic E-state index is 11.6. The minimum atomic E-state index is -0.418. The zero-order valence-electron chi connectivity index (χ0n) is 17.1. The molecule has 4 rings (SSSR count). The normalized spacial score (nSPS) is 11.7. The van der Waals surface area contributed by atoms with E-state index in [2.05, 4.69) is 15.3 Å². The smallest absolute Gasteiger partial charge is 0.295 e. The van der Waals surface area contributed by atoms with Crippen molar-refractivity contribution in [2.45, 2.75) is 6.04 Å². The van der Waals surface area contributed by atoms with Crippen LogP contribution < -0.4 is 10.1 Å². The summed E-state index contributed by atoms with van der Waals surface area (Å²) in [6, 6.07) is 19.6. The monoisotopic (exact) mass is 415 g/mol. The molecule has 0 aliphatic heterocycles. The van der Waals surface area contributed by atoms with Crippen LogP contribution in [0.15, 0.2) is 79.1 Å². The second-order valence-electron chi connectivity index (χ2n) is 6.93. The van der Waals surface area contributed by atoms with Gasteiger partial charge in [-0.2, -0.15) is 0 Å². The molecule has 1 unspecified atom stereocenters. The predicted octanol–water partition coefficient (Wildman–Crippen LogP) is 4.60. The number of aromatic nitrogens is 3. The molecule has 8 heteroatoms. The fourth-order valence-corrected chi connectivity index (χ4v) is 3.38. The lowest BCUT2D eigenvalue weighted by Gasteiger charge is -2.20. The van der Waals surface area contributed by atoms with Crippen LogP contribution >= 0.6 is 0 Å². The van der Waals surface area contributed by atoms with Gasteiger partial charge in [-0.25, -0.2) is 9.97 Å². The highest BCUT2D eigenvalue weighted by Gasteiger charge is 2.22. The largest absolute Gasteiger partial charge is 0.497 e. The maximum absolute atomic E-state index is 11.6. The number of hydrogen-bond donors (Lipinski definition) is 1. The second-order valence-corrected chi connectivity index (χ2v) is 6.93. The number of nitro groups is 1. The highest BCUT2D eigenvalue weighted by atomic mass is 16.6. The molecule has 156 valence electrons. The zero-order valence-corrected chi connectivity index (χ0v) is 17.1. The molecule has 0 radical (unpaired) electrons. The summed E-state index contributed by atoms with van der Waals surface area (Å²) in [6.07, 6.45) is 3.60. The Kier molecular flexibility index (Phi) is 5.61. The van der Waals surface area contributed by atoms with Crippen LogP contribution in [-0.2, 0) is 7.05 Å². The molecule has 0 saturated carbocycles. The molecule has 2 heterocycles. The Labute approximate surface area is 179 Å². The van der Waals surface area contributed by atoms with E-state index in [1.807, 2.05) is 60.3 Å². The Morgan fingerprint density at radius 2 is 1.81 bits per heavy atom. The Hall–Kier alpha value is -4.20. The van der Waals surface area contributed by atoms with Crippen molar-refractivity contribution in [3.8, 4) is 17.0 Å². The molecule has 1 N–H and O–H groups in total. The summed E-state index contributed by atoms with van der Waals surface area (Å²) in [5.74, 6) is 2.04. The fraction of sp³-hybridized carbons (Fsp3) is 0.130. The summed E-state index contributed by atoms with van der Waals surface area (Å²) >= 11 is 0. The number of benzene rings is 2. The first kappa shape index (κ1) is 20.1. The topological polar surface area (TPSA) is 95.1 Å². The molecule has 8 nitrogen and oxygen atoms in total. The van der Waals surface area contributed by atoms with Gasteiger partial charge in [0.05, 0.1) is 12.0 Å². The Balaban J connectivity index is 1.76. The number of imidazole rings is 1. The van der Waals surface area contributed by atoms with Crippen molar-refractivity contribution in [1.29, 1.82) is 0 Å². The van der Waals surface area contributed by atoms with Crippen molar-refractivity contribution in [3.63, 3.8) is 0 Å². The second kappa shape index (κ2) is 8.66. The number of nitrogens with one attached hydrogen (secondary N) is 1. The van der Waals surface area contributed by atoms with Gasteiger partial charge in [-0.3, -0.25) is 10.1 Å². The summed E-state index contributed by atoms with van der Waals surface area (Å²) < 4.78 is 7.19. The number of hydrogen-bond acceptors (Lipinski definition) is 6. The molecular formula is C23H21N5O3. The van der Waals surface area contributed by atoms with E-state index in [9.17, 15) is 10.1 Å². The third kappa shape index (κ3) is 4.23. The standard InChI is InChI=1S/C23H21N5O3/c1-27-15-14-24-23(27)22(17-8-10-18(31-2)11-9-17)26-20-13-12-19(28(29)30)21(25-20)16-6-4-3-5-7-16/h3-15,22H,1-2H3,(H,25,26). The molecule has 0 spiro atoms. The molecule has 0 aliphatic carbocycles. The minimum absolute atomic E-state index is 0.0465. The van der Waals surface area contributed by atoms with Crippen LogP contribution in [0.1, 0.15) is 17.4 Å². The number of anilines is 1. The minimum Gasteiger partial charge on any atom is -0.497 e. The first-order valence-electron chi connectivity index (χ1n) is 9.65. The highest BCUT2D eigenvalue weighted by Crippen LogP contribution is 2.32. The van der Waals surface area contributed by atoms with Crippen molar-refractivity contribution >= 4 is 11.5 Å². The van der Waals surface area contributed by atoms with Gasteiger partial charge in [0.25, 0.3) is 5.69 Å². The zero-order chi connectivity index (χ0) is 21.8. The molecule has 0 fully saturated rings. The molecular weight excluding hydrogens is 394 g/mol. The van der Waals surface area contributed by atoms with Gasteiger partial charge >= 0.3 is 0 Å². The lowest BCUT2D eigenvalue weighted by molar-refractivity contribution is -0.384. The molecule has 2 aromatic carbocycles. The van der Waals surface area contributed by atoms with E-state index in [1.54, 1.807) is 31.5 Å². The number of ether oxygens (including phenoxy) is 1. The third-order valence-corrected chi connectivity index (χ3v) is 4.98. The molecule has 1 atom stereocenters. The van der Waals surface area contributed by atoms with Crippen molar-refractivity contribution in [2.75, 3.05) is 12.4 Å². The van der Waals surface area contributed by atoms with Crippen LogP contribution in [0.5, 0.6) is 5.75 Å². The molecule has 31 heavy (non-hydrogen) atoms. The lowest BCUT2D eigenvalue weighted by atomic mass is 10.1. The van der Waals surface area contributed by atoms with Gasteiger partial charge in [-0.15, -0.1) is 0 Å². The van der Waals surface area contributed by atoms with Gasteiger partial charge in [-0.05, 0) is 23.8 Å². The van der Waals surface area contributed by atoms with Crippen molar-refractivity contribution < 1.29 is 9.66 Å². The predicted molar refractivity (Wildman–Crippen MR) is 118 cm³/mol. The summed E-state index contributed by atoms with van der Waals surface area (Å²) in [7, 11) is 3.54. The van der Waals surface area contributed by atoms with E-state index in [1.165, 1.54) is 6.07 Å². The molecule has 0 bridgehead atoms. The van der Waals surface area contributed by atoms with Crippen molar-refractivity contribution in [3.05, 3.63) is 101 Å². The van der Waals surface area contributed by atoms with Crippen molar-refractivity contribution in [2.24, 2.45) is 7.05 Å². The average Bonchev–Trinajstić information content (AvgIpc) is 3.23. The molecule has 2 aromatic heterocycles. The molecule has 0 saturated heterocycles. The number of pyridine rings is 1. The summed E-state index contributed by atoms with van der Waals surface area (Å²) in [5.41, 5.74) is 1.89. The van der Waals surface area contributed by atoms with E-state index in [-0.39, 0.29) is 11.7 Å². The van der Waals surface area contributed by atoms with Gasteiger partial charge in [0.15, 0.2) is 5.69 Å². The Morgan fingerprint density at radius 1 is 1.06 bits per heavy atom. The van der Waals surface area contributed by atoms with E-state index >= 15 is 0 Å². The number of aryl methyl sites for hydroxylation is 1. The van der Waals surface area contributed by atoms with Gasteiger partial charge < -0.3 is 14.6 Å². The van der Waals surface area contributed by atoms with E-state index < -0.39 is 4.92 Å². The van der Waals surface area contributed by atoms with E-state index in [0.29, 0.717) is 17.1 Å². The lowest BCUT2D eigenvalue weighted by Crippen LogP contribution is -2.17. The van der Waals surface area contributed by atoms with E-state index in [4.69, 9.17) is 4.74 Å². The van der Waals surface area contributed by atoms with Crippen LogP contribution in [0.25, 0.3) is 11.3 Å². The SMILES string of the molecule is COc1ccc(C(Nc2ccc([N+](=O)[O-])c(-c3ccccc3)n2)c2nccn2C)cc1. The molecule has 0 amide bonds. The number of methoxy groups -OCH3 is 1. The number of nitrogens with zero attached hydrogens (tertiary/aromatic N) is 4. The average molecular weight is 415 g/mol. The summed E-state index contributed by atoms with van der Waals surface area (Å²) in [6.45, 7) is 0.